The summed E-state index contributed by atoms with van der Waals surface area (Å²) in [4.78, 5) is 14.1. The third-order valence-electron chi connectivity index (χ3n) is 2.70. The van der Waals surface area contributed by atoms with Crippen LogP contribution in [0.4, 0.5) is 0 Å². The van der Waals surface area contributed by atoms with Crippen molar-refractivity contribution >= 4 is 5.91 Å². The van der Waals surface area contributed by atoms with Gasteiger partial charge in [-0.2, -0.15) is 0 Å². The molecule has 0 bridgehead atoms. The molecule has 0 aromatic heterocycles. The highest BCUT2D eigenvalue weighted by Gasteiger charge is 2.20. The smallest absolute Gasteiger partial charge is 0.263 e. The number of hydrogen-bond acceptors (Lipinski definition) is 2. The molecule has 0 radical (unpaired) electrons. The number of rotatable bonds is 7. The average molecular weight is 249 g/mol. The summed E-state index contributed by atoms with van der Waals surface area (Å²) in [5.41, 5.74) is 0. The lowest BCUT2D eigenvalue weighted by Gasteiger charge is -2.25. The summed E-state index contributed by atoms with van der Waals surface area (Å²) in [5.74, 6) is 0.814. The molecule has 0 aliphatic rings. The van der Waals surface area contributed by atoms with Gasteiger partial charge in [-0.3, -0.25) is 4.79 Å². The molecule has 0 saturated carbocycles. The average Bonchev–Trinajstić information content (AvgIpc) is 2.39. The van der Waals surface area contributed by atoms with Crippen molar-refractivity contribution in [2.45, 2.75) is 39.7 Å². The summed E-state index contributed by atoms with van der Waals surface area (Å²) in [6.45, 7) is 7.58. The zero-order valence-electron chi connectivity index (χ0n) is 11.6. The normalized spacial score (nSPS) is 11.9. The fraction of sp³-hybridized carbons (Fsp3) is 0.533. The number of amides is 1. The molecule has 3 heteroatoms. The van der Waals surface area contributed by atoms with Gasteiger partial charge in [0.2, 0.25) is 0 Å². The van der Waals surface area contributed by atoms with E-state index in [-0.39, 0.29) is 5.91 Å². The number of carbonyl (C=O) groups is 1. The Hall–Kier alpha value is -1.51. The second-order valence-corrected chi connectivity index (χ2v) is 4.40. The predicted molar refractivity (Wildman–Crippen MR) is 73.7 cm³/mol. The quantitative estimate of drug-likeness (QED) is 0.743. The van der Waals surface area contributed by atoms with E-state index in [4.69, 9.17) is 4.74 Å². The minimum atomic E-state index is -0.425. The topological polar surface area (TPSA) is 29.5 Å². The number of nitrogens with zero attached hydrogens (tertiary/aromatic N) is 1. The highest BCUT2D eigenvalue weighted by molar-refractivity contribution is 5.80. The van der Waals surface area contributed by atoms with Crippen molar-refractivity contribution in [3.8, 4) is 5.75 Å². The van der Waals surface area contributed by atoms with Crippen LogP contribution in [0.3, 0.4) is 0 Å². The van der Waals surface area contributed by atoms with Crippen LogP contribution in [0.1, 0.15) is 33.6 Å². The van der Waals surface area contributed by atoms with Gasteiger partial charge >= 0.3 is 0 Å². The third kappa shape index (κ3) is 4.40. The van der Waals surface area contributed by atoms with E-state index in [0.29, 0.717) is 0 Å². The number of hydrogen-bond donors (Lipinski definition) is 0. The lowest BCUT2D eigenvalue weighted by Crippen LogP contribution is -2.41. The van der Waals surface area contributed by atoms with Crippen LogP contribution in [0, 0.1) is 0 Å². The molecule has 1 rings (SSSR count). The summed E-state index contributed by atoms with van der Waals surface area (Å²) >= 11 is 0. The lowest BCUT2D eigenvalue weighted by molar-refractivity contribution is -0.138. The number of carbonyl (C=O) groups excluding carboxylic acids is 1. The summed E-state index contributed by atoms with van der Waals surface area (Å²) in [7, 11) is 0. The van der Waals surface area contributed by atoms with Gasteiger partial charge in [-0.25, -0.2) is 0 Å². The van der Waals surface area contributed by atoms with Gasteiger partial charge in [0.15, 0.2) is 6.10 Å². The Labute approximate surface area is 110 Å². The maximum Gasteiger partial charge on any atom is 0.263 e. The van der Waals surface area contributed by atoms with E-state index in [1.807, 2.05) is 42.2 Å². The Kier molecular flexibility index (Phi) is 6.26. The van der Waals surface area contributed by atoms with Crippen molar-refractivity contribution in [3.05, 3.63) is 30.3 Å². The zero-order chi connectivity index (χ0) is 13.4. The summed E-state index contributed by atoms with van der Waals surface area (Å²) in [6.07, 6.45) is 1.53. The molecule has 0 aliphatic carbocycles. The molecule has 0 spiro atoms. The van der Waals surface area contributed by atoms with Crippen LogP contribution in [-0.4, -0.2) is 30.0 Å². The van der Waals surface area contributed by atoms with Gasteiger partial charge in [0.05, 0.1) is 0 Å². The van der Waals surface area contributed by atoms with Crippen LogP contribution in [0.25, 0.3) is 0 Å². The molecule has 1 atom stereocenters. The van der Waals surface area contributed by atoms with E-state index in [9.17, 15) is 4.79 Å². The molecule has 1 amide bonds. The first-order chi connectivity index (χ1) is 8.69. The summed E-state index contributed by atoms with van der Waals surface area (Å²) < 4.78 is 5.66. The third-order valence-corrected chi connectivity index (χ3v) is 2.70. The van der Waals surface area contributed by atoms with Gasteiger partial charge in [0.25, 0.3) is 5.91 Å². The van der Waals surface area contributed by atoms with E-state index < -0.39 is 6.10 Å². The molecule has 0 saturated heterocycles. The standard InChI is InChI=1S/C15H23NO2/c1-4-11-16(12-5-2)15(17)13(3)18-14-9-7-6-8-10-14/h6-10,13H,4-5,11-12H2,1-3H3/t13-/m0/s1. The monoisotopic (exact) mass is 249 g/mol. The summed E-state index contributed by atoms with van der Waals surface area (Å²) in [5, 5.41) is 0. The Morgan fingerprint density at radius 1 is 1.17 bits per heavy atom. The molecule has 1 aromatic rings. The van der Waals surface area contributed by atoms with Crippen molar-refractivity contribution in [2.24, 2.45) is 0 Å². The van der Waals surface area contributed by atoms with Crippen LogP contribution in [0.2, 0.25) is 0 Å². The van der Waals surface area contributed by atoms with Gasteiger partial charge in [-0.05, 0) is 31.9 Å². The molecule has 1 aromatic carbocycles. The van der Waals surface area contributed by atoms with Gasteiger partial charge in [0, 0.05) is 13.1 Å². The highest BCUT2D eigenvalue weighted by Crippen LogP contribution is 2.12. The van der Waals surface area contributed by atoms with Gasteiger partial charge < -0.3 is 9.64 Å². The predicted octanol–water partition coefficient (Wildman–Crippen LogP) is 3.10. The minimum Gasteiger partial charge on any atom is -0.481 e. The van der Waals surface area contributed by atoms with Crippen LogP contribution in [-0.2, 0) is 4.79 Å². The molecule has 18 heavy (non-hydrogen) atoms. The van der Waals surface area contributed by atoms with Crippen LogP contribution in [0.5, 0.6) is 5.75 Å². The SMILES string of the molecule is CCCN(CCC)C(=O)[C@H](C)Oc1ccccc1. The van der Waals surface area contributed by atoms with E-state index in [2.05, 4.69) is 13.8 Å². The maximum absolute atomic E-state index is 12.2. The van der Waals surface area contributed by atoms with Crippen molar-refractivity contribution in [1.29, 1.82) is 0 Å². The molecule has 0 fully saturated rings. The van der Waals surface area contributed by atoms with Crippen molar-refractivity contribution in [1.82, 2.24) is 4.90 Å². The van der Waals surface area contributed by atoms with Crippen molar-refractivity contribution in [2.75, 3.05) is 13.1 Å². The Balaban J connectivity index is 2.58. The van der Waals surface area contributed by atoms with Crippen LogP contribution in [0.15, 0.2) is 30.3 Å². The molecule has 0 unspecified atom stereocenters. The minimum absolute atomic E-state index is 0.0718. The van der Waals surface area contributed by atoms with Crippen molar-refractivity contribution in [3.63, 3.8) is 0 Å². The van der Waals surface area contributed by atoms with E-state index in [0.717, 1.165) is 31.7 Å². The van der Waals surface area contributed by atoms with E-state index in [1.54, 1.807) is 0 Å². The van der Waals surface area contributed by atoms with Gasteiger partial charge in [-0.15, -0.1) is 0 Å². The molecule has 0 aliphatic heterocycles. The Bertz CT molecular complexity index is 345. The molecular formula is C15H23NO2. The first-order valence-corrected chi connectivity index (χ1v) is 6.69. The van der Waals surface area contributed by atoms with E-state index in [1.165, 1.54) is 0 Å². The van der Waals surface area contributed by atoms with Gasteiger partial charge in [-0.1, -0.05) is 32.0 Å². The van der Waals surface area contributed by atoms with Crippen molar-refractivity contribution < 1.29 is 9.53 Å². The zero-order valence-corrected chi connectivity index (χ0v) is 11.6. The molecule has 100 valence electrons. The fourth-order valence-corrected chi connectivity index (χ4v) is 1.88. The number of ether oxygens (including phenoxy) is 1. The fourth-order valence-electron chi connectivity index (χ4n) is 1.88. The first-order valence-electron chi connectivity index (χ1n) is 6.69. The number of para-hydroxylation sites is 1. The number of benzene rings is 1. The summed E-state index contributed by atoms with van der Waals surface area (Å²) in [6, 6.07) is 9.48. The second-order valence-electron chi connectivity index (χ2n) is 4.40. The molecule has 3 nitrogen and oxygen atoms in total. The van der Waals surface area contributed by atoms with E-state index >= 15 is 0 Å². The Morgan fingerprint density at radius 3 is 2.22 bits per heavy atom. The van der Waals surface area contributed by atoms with Crippen LogP contribution < -0.4 is 4.74 Å². The Morgan fingerprint density at radius 2 is 1.72 bits per heavy atom. The van der Waals surface area contributed by atoms with Crippen LogP contribution >= 0.6 is 0 Å². The van der Waals surface area contributed by atoms with Gasteiger partial charge in [0.1, 0.15) is 5.75 Å². The second kappa shape index (κ2) is 7.75. The molecule has 0 heterocycles. The molecule has 0 N–H and O–H groups in total. The largest absolute Gasteiger partial charge is 0.481 e. The first kappa shape index (κ1) is 14.6. The highest BCUT2D eigenvalue weighted by atomic mass is 16.5. The lowest BCUT2D eigenvalue weighted by atomic mass is 10.2. The maximum atomic E-state index is 12.2. The molecular weight excluding hydrogens is 226 g/mol.